The minimum absolute atomic E-state index is 0.229. The molecule has 2 N–H and O–H groups in total. The Morgan fingerprint density at radius 3 is 2.08 bits per heavy atom. The van der Waals surface area contributed by atoms with E-state index < -0.39 is 12.1 Å². The fraction of sp³-hybridized carbons (Fsp3) is 0.300. The second-order valence-electron chi connectivity index (χ2n) is 1.85. The minimum atomic E-state index is -1.51. The van der Waals surface area contributed by atoms with Crippen LogP contribution < -0.4 is 0 Å². The van der Waals surface area contributed by atoms with Crippen LogP contribution in [0.5, 0.6) is 0 Å². The predicted molar refractivity (Wildman–Crippen MR) is 53.5 cm³/mol. The van der Waals surface area contributed by atoms with Gasteiger partial charge in [0.1, 0.15) is 0 Å². The van der Waals surface area contributed by atoms with Gasteiger partial charge in [-0.15, -0.1) is 0 Å². The number of carbonyl (C=O) groups is 1. The maximum absolute atomic E-state index is 10.2. The van der Waals surface area contributed by atoms with Crippen LogP contribution in [-0.2, 0) is 4.79 Å². The van der Waals surface area contributed by atoms with Crippen molar-refractivity contribution in [2.24, 2.45) is 0 Å². The lowest BCUT2D eigenvalue weighted by Gasteiger charge is -2.04. The van der Waals surface area contributed by atoms with Crippen molar-refractivity contribution in [2.45, 2.75) is 20.0 Å². The zero-order valence-electron chi connectivity index (χ0n) is 8.03. The summed E-state index contributed by atoms with van der Waals surface area (Å²) in [5, 5.41) is 17.3. The van der Waals surface area contributed by atoms with E-state index in [-0.39, 0.29) is 5.57 Å². The largest absolute Gasteiger partial charge is 0.479 e. The Morgan fingerprint density at radius 2 is 1.85 bits per heavy atom. The van der Waals surface area contributed by atoms with Crippen molar-refractivity contribution in [3.05, 3.63) is 37.0 Å². The Bertz CT molecular complexity index is 204. The molecule has 0 bridgehead atoms. The molecule has 0 aliphatic carbocycles. The van der Waals surface area contributed by atoms with Crippen molar-refractivity contribution in [2.75, 3.05) is 0 Å². The topological polar surface area (TPSA) is 57.5 Å². The van der Waals surface area contributed by atoms with E-state index in [4.69, 9.17) is 10.2 Å². The summed E-state index contributed by atoms with van der Waals surface area (Å²) in [4.78, 5) is 10.2. The Balaban J connectivity index is 0. The molecule has 0 aliphatic heterocycles. The van der Waals surface area contributed by atoms with Gasteiger partial charge < -0.3 is 10.2 Å². The van der Waals surface area contributed by atoms with Crippen molar-refractivity contribution in [3.63, 3.8) is 0 Å². The van der Waals surface area contributed by atoms with Gasteiger partial charge in [-0.05, 0) is 5.57 Å². The maximum atomic E-state index is 10.2. The van der Waals surface area contributed by atoms with E-state index >= 15 is 0 Å². The molecule has 74 valence electrons. The van der Waals surface area contributed by atoms with Gasteiger partial charge in [-0.1, -0.05) is 45.2 Å². The summed E-state index contributed by atoms with van der Waals surface area (Å²) in [6.45, 7) is 10.7. The fourth-order valence-corrected chi connectivity index (χ4v) is 0.549. The van der Waals surface area contributed by atoms with Crippen LogP contribution in [0.4, 0.5) is 0 Å². The molecule has 0 saturated carbocycles. The summed E-state index contributed by atoms with van der Waals surface area (Å²) >= 11 is 0. The number of carboxylic acid groups (broad SMARTS) is 1. The van der Waals surface area contributed by atoms with Gasteiger partial charge >= 0.3 is 5.97 Å². The molecule has 0 spiro atoms. The Kier molecular flexibility index (Phi) is 9.54. The first-order chi connectivity index (χ1) is 6.13. The van der Waals surface area contributed by atoms with E-state index in [1.54, 1.807) is 0 Å². The molecule has 3 heteroatoms. The highest BCUT2D eigenvalue weighted by Crippen LogP contribution is 2.03. The molecular formula is C10H16O3. The molecule has 0 amide bonds. The van der Waals surface area contributed by atoms with Crippen LogP contribution in [0, 0.1) is 0 Å². The number of aliphatic hydroxyl groups is 1. The molecule has 13 heavy (non-hydrogen) atoms. The minimum Gasteiger partial charge on any atom is -0.479 e. The first-order valence-corrected chi connectivity index (χ1v) is 3.99. The molecule has 0 aliphatic rings. The Hall–Kier alpha value is -1.35. The number of allylic oxidation sites excluding steroid dienone is 2. The van der Waals surface area contributed by atoms with Gasteiger partial charge in [0.05, 0.1) is 0 Å². The van der Waals surface area contributed by atoms with Crippen molar-refractivity contribution >= 4 is 5.97 Å². The molecular weight excluding hydrogens is 168 g/mol. The van der Waals surface area contributed by atoms with Crippen LogP contribution in [0.25, 0.3) is 0 Å². The number of carboxylic acids is 1. The summed E-state index contributed by atoms with van der Waals surface area (Å²) in [5.74, 6) is -1.29. The molecule has 0 rings (SSSR count). The van der Waals surface area contributed by atoms with E-state index in [1.807, 2.05) is 13.8 Å². The first-order valence-electron chi connectivity index (χ1n) is 3.99. The third-order valence-electron chi connectivity index (χ3n) is 1.10. The van der Waals surface area contributed by atoms with E-state index in [2.05, 4.69) is 13.2 Å². The van der Waals surface area contributed by atoms with Crippen LogP contribution in [0.1, 0.15) is 13.8 Å². The standard InChI is InChI=1S/C8H10O3.C2H6/c1-3-5-6(4-2)7(9)8(10)11;1-2/h3-5,7,9H,1-2H2,(H,10,11);1-2H3/b6-5+;. The number of rotatable bonds is 4. The lowest BCUT2D eigenvalue weighted by atomic mass is 10.1. The maximum Gasteiger partial charge on any atom is 0.337 e. The third-order valence-corrected chi connectivity index (χ3v) is 1.10. The predicted octanol–water partition coefficient (Wildman–Crippen LogP) is 1.76. The van der Waals surface area contributed by atoms with Gasteiger partial charge in [0.15, 0.2) is 6.10 Å². The zero-order valence-corrected chi connectivity index (χ0v) is 8.03. The van der Waals surface area contributed by atoms with E-state index in [9.17, 15) is 4.79 Å². The highest BCUT2D eigenvalue weighted by Gasteiger charge is 2.14. The van der Waals surface area contributed by atoms with E-state index in [0.717, 1.165) is 0 Å². The van der Waals surface area contributed by atoms with Crippen molar-refractivity contribution in [1.82, 2.24) is 0 Å². The lowest BCUT2D eigenvalue weighted by Crippen LogP contribution is -2.20. The molecule has 3 nitrogen and oxygen atoms in total. The van der Waals surface area contributed by atoms with Gasteiger partial charge in [-0.25, -0.2) is 4.79 Å². The van der Waals surface area contributed by atoms with E-state index in [1.165, 1.54) is 18.2 Å². The smallest absolute Gasteiger partial charge is 0.337 e. The summed E-state index contributed by atoms with van der Waals surface area (Å²) in [6.07, 6.45) is 2.56. The molecule has 0 aromatic heterocycles. The summed E-state index contributed by atoms with van der Waals surface area (Å²) < 4.78 is 0. The molecule has 0 saturated heterocycles. The molecule has 0 aromatic carbocycles. The van der Waals surface area contributed by atoms with Crippen LogP contribution in [0.2, 0.25) is 0 Å². The Morgan fingerprint density at radius 1 is 1.38 bits per heavy atom. The summed E-state index contributed by atoms with van der Waals surface area (Å²) in [6, 6.07) is 0. The van der Waals surface area contributed by atoms with Crippen LogP contribution >= 0.6 is 0 Å². The number of aliphatic hydroxyl groups excluding tert-OH is 1. The lowest BCUT2D eigenvalue weighted by molar-refractivity contribution is -0.144. The van der Waals surface area contributed by atoms with Gasteiger partial charge in [0.2, 0.25) is 0 Å². The van der Waals surface area contributed by atoms with Crippen molar-refractivity contribution < 1.29 is 15.0 Å². The SMILES string of the molecule is C=C/C=C(\C=C)C(O)C(=O)O.CC. The molecule has 1 unspecified atom stereocenters. The molecule has 0 heterocycles. The molecule has 1 atom stereocenters. The fourth-order valence-electron chi connectivity index (χ4n) is 0.549. The van der Waals surface area contributed by atoms with Crippen LogP contribution in [0.15, 0.2) is 37.0 Å². The van der Waals surface area contributed by atoms with Crippen molar-refractivity contribution in [1.29, 1.82) is 0 Å². The quantitative estimate of drug-likeness (QED) is 0.654. The third kappa shape index (κ3) is 5.87. The van der Waals surface area contributed by atoms with Gasteiger partial charge in [-0.2, -0.15) is 0 Å². The number of hydrogen-bond donors (Lipinski definition) is 2. The second-order valence-corrected chi connectivity index (χ2v) is 1.85. The van der Waals surface area contributed by atoms with Crippen LogP contribution in [0.3, 0.4) is 0 Å². The number of hydrogen-bond acceptors (Lipinski definition) is 2. The number of aliphatic carboxylic acids is 1. The Labute approximate surface area is 78.7 Å². The molecule has 0 fully saturated rings. The average Bonchev–Trinajstić information content (AvgIpc) is 2.16. The molecule has 0 radical (unpaired) electrons. The zero-order chi connectivity index (χ0) is 10.9. The summed E-state index contributed by atoms with van der Waals surface area (Å²) in [7, 11) is 0. The normalized spacial score (nSPS) is 12.1. The van der Waals surface area contributed by atoms with Crippen molar-refractivity contribution in [3.8, 4) is 0 Å². The van der Waals surface area contributed by atoms with Gasteiger partial charge in [0, 0.05) is 0 Å². The second kappa shape index (κ2) is 8.74. The highest BCUT2D eigenvalue weighted by molar-refractivity contribution is 5.76. The average molecular weight is 184 g/mol. The van der Waals surface area contributed by atoms with Crippen LogP contribution in [-0.4, -0.2) is 22.3 Å². The summed E-state index contributed by atoms with van der Waals surface area (Å²) in [5.41, 5.74) is 0.229. The van der Waals surface area contributed by atoms with Gasteiger partial charge in [-0.3, -0.25) is 0 Å². The monoisotopic (exact) mass is 184 g/mol. The molecule has 0 aromatic rings. The van der Waals surface area contributed by atoms with E-state index in [0.29, 0.717) is 0 Å². The first kappa shape index (κ1) is 14.2. The van der Waals surface area contributed by atoms with Gasteiger partial charge in [0.25, 0.3) is 0 Å². The highest BCUT2D eigenvalue weighted by atomic mass is 16.4.